The summed E-state index contributed by atoms with van der Waals surface area (Å²) in [7, 11) is 1.51. The number of fused-ring (bicyclic) bond motifs is 2. The molecular weight excluding hydrogens is 499 g/mol. The normalized spacial score (nSPS) is 19.5. The number of carbonyl (C=O) groups is 3. The summed E-state index contributed by atoms with van der Waals surface area (Å²) < 4.78 is 19.6. The summed E-state index contributed by atoms with van der Waals surface area (Å²) in [6, 6.07) is 16.2. The van der Waals surface area contributed by atoms with Crippen LogP contribution in [-0.4, -0.2) is 36.0 Å². The number of rotatable bonds is 7. The molecule has 2 aliphatic carbocycles. The zero-order valence-electron chi connectivity index (χ0n) is 21.3. The number of amides is 2. The third-order valence-electron chi connectivity index (χ3n) is 7.83. The number of carbonyl (C=O) groups excluding carboxylic acids is 2. The third kappa shape index (κ3) is 4.78. The molecule has 2 saturated carbocycles. The Balaban J connectivity index is 1.45. The van der Waals surface area contributed by atoms with Gasteiger partial charge in [-0.1, -0.05) is 12.1 Å². The summed E-state index contributed by atoms with van der Waals surface area (Å²) >= 11 is 0. The average Bonchev–Trinajstić information content (AvgIpc) is 3.36. The lowest BCUT2D eigenvalue weighted by Gasteiger charge is -2.15. The van der Waals surface area contributed by atoms with Gasteiger partial charge in [-0.05, 0) is 96.3 Å². The number of halogens is 1. The second kappa shape index (κ2) is 9.69. The van der Waals surface area contributed by atoms with Crippen molar-refractivity contribution in [2.75, 3.05) is 7.05 Å². The van der Waals surface area contributed by atoms with Gasteiger partial charge in [-0.25, -0.2) is 4.39 Å². The number of carboxylic acid groups (broad SMARTS) is 1. The minimum Gasteiger partial charge on any atom is -0.481 e. The minimum atomic E-state index is -1.03. The van der Waals surface area contributed by atoms with Gasteiger partial charge in [-0.15, -0.1) is 0 Å². The highest BCUT2D eigenvalue weighted by Gasteiger charge is 2.46. The molecule has 0 saturated heterocycles. The molecule has 1 aromatic heterocycles. The van der Waals surface area contributed by atoms with Gasteiger partial charge in [-0.3, -0.25) is 14.4 Å². The van der Waals surface area contributed by atoms with E-state index in [4.69, 9.17) is 4.42 Å². The number of nitrogens with one attached hydrogen (secondary N) is 2. The molecular formula is C31H27FN2O5. The quantitative estimate of drug-likeness (QED) is 0.298. The van der Waals surface area contributed by atoms with Gasteiger partial charge >= 0.3 is 5.97 Å². The molecule has 39 heavy (non-hydrogen) atoms. The van der Waals surface area contributed by atoms with Crippen LogP contribution in [0.2, 0.25) is 0 Å². The molecule has 1 heterocycles. The summed E-state index contributed by atoms with van der Waals surface area (Å²) in [6.07, 6.45) is 3.03. The Bertz CT molecular complexity index is 1610. The SMILES string of the molecule is CNC(=O)c1c(-c2ccc(F)cc2)oc2cc(CC(=O)O)c(-c3cccc(C(=O)NC4CC5CC5C4)c3)cc12. The Morgan fingerprint density at radius 1 is 0.949 bits per heavy atom. The van der Waals surface area contributed by atoms with E-state index in [0.717, 1.165) is 24.7 Å². The monoisotopic (exact) mass is 526 g/mol. The molecule has 3 aromatic carbocycles. The fraction of sp³-hybridized carbons (Fsp3) is 0.258. The van der Waals surface area contributed by atoms with E-state index in [2.05, 4.69) is 10.6 Å². The Labute approximate surface area is 224 Å². The topological polar surface area (TPSA) is 109 Å². The van der Waals surface area contributed by atoms with Gasteiger partial charge in [0, 0.05) is 29.6 Å². The first kappa shape index (κ1) is 24.9. The predicted molar refractivity (Wildman–Crippen MR) is 144 cm³/mol. The van der Waals surface area contributed by atoms with Gasteiger partial charge in [-0.2, -0.15) is 0 Å². The zero-order valence-corrected chi connectivity index (χ0v) is 21.3. The summed E-state index contributed by atoms with van der Waals surface area (Å²) in [4.78, 5) is 37.8. The standard InChI is InChI=1S/C31H27FN2O5/c1-33-31(38)28-25-15-24(17-3-2-4-18(9-17)30(37)34-23-11-19-10-20(19)12-23)21(14-27(35)36)13-26(25)39-29(28)16-5-7-22(32)8-6-16/h2-9,13,15,19-20,23H,10-12,14H2,1H3,(H,33,38)(H,34,37)(H,35,36). The molecule has 0 bridgehead atoms. The van der Waals surface area contributed by atoms with Crippen LogP contribution in [0.25, 0.3) is 33.4 Å². The van der Waals surface area contributed by atoms with Crippen LogP contribution in [0, 0.1) is 17.7 Å². The van der Waals surface area contributed by atoms with Crippen molar-refractivity contribution >= 4 is 28.8 Å². The Kier molecular flexibility index (Phi) is 6.17. The molecule has 3 N–H and O–H groups in total. The van der Waals surface area contributed by atoms with Gasteiger partial charge in [0.1, 0.15) is 17.2 Å². The highest BCUT2D eigenvalue weighted by atomic mass is 19.1. The lowest BCUT2D eigenvalue weighted by Crippen LogP contribution is -2.33. The van der Waals surface area contributed by atoms with Crippen LogP contribution in [0.5, 0.6) is 0 Å². The van der Waals surface area contributed by atoms with Crippen molar-refractivity contribution < 1.29 is 28.3 Å². The second-order valence-corrected chi connectivity index (χ2v) is 10.4. The molecule has 7 nitrogen and oxygen atoms in total. The van der Waals surface area contributed by atoms with Crippen LogP contribution < -0.4 is 10.6 Å². The molecule has 2 unspecified atom stereocenters. The minimum absolute atomic E-state index is 0.156. The summed E-state index contributed by atoms with van der Waals surface area (Å²) in [5, 5.41) is 15.9. The fourth-order valence-corrected chi connectivity index (χ4v) is 5.85. The Morgan fingerprint density at radius 3 is 2.38 bits per heavy atom. The first-order valence-corrected chi connectivity index (χ1v) is 13.0. The molecule has 4 aromatic rings. The zero-order chi connectivity index (χ0) is 27.3. The van der Waals surface area contributed by atoms with E-state index in [0.29, 0.717) is 38.8 Å². The van der Waals surface area contributed by atoms with Crippen molar-refractivity contribution in [2.45, 2.75) is 31.7 Å². The van der Waals surface area contributed by atoms with E-state index in [1.54, 1.807) is 30.3 Å². The molecule has 2 fully saturated rings. The van der Waals surface area contributed by atoms with Gasteiger partial charge in [0.25, 0.3) is 11.8 Å². The van der Waals surface area contributed by atoms with Gasteiger partial charge < -0.3 is 20.2 Å². The lowest BCUT2D eigenvalue weighted by atomic mass is 9.93. The summed E-state index contributed by atoms with van der Waals surface area (Å²) in [5.74, 6) is -0.250. The number of aliphatic carboxylic acids is 1. The maximum absolute atomic E-state index is 13.6. The van der Waals surface area contributed by atoms with E-state index < -0.39 is 17.7 Å². The van der Waals surface area contributed by atoms with Crippen molar-refractivity contribution in [3.05, 3.63) is 83.2 Å². The van der Waals surface area contributed by atoms with Gasteiger partial charge in [0.15, 0.2) is 0 Å². The number of furan rings is 1. The molecule has 0 aliphatic heterocycles. The maximum atomic E-state index is 13.6. The van der Waals surface area contributed by atoms with Crippen LogP contribution in [0.15, 0.2) is 65.1 Å². The first-order chi connectivity index (χ1) is 18.8. The number of benzene rings is 3. The number of hydrogen-bond donors (Lipinski definition) is 3. The smallest absolute Gasteiger partial charge is 0.307 e. The molecule has 198 valence electrons. The van der Waals surface area contributed by atoms with Crippen molar-refractivity contribution in [1.82, 2.24) is 10.6 Å². The van der Waals surface area contributed by atoms with Crippen molar-refractivity contribution in [2.24, 2.45) is 11.8 Å². The third-order valence-corrected chi connectivity index (χ3v) is 7.83. The average molecular weight is 527 g/mol. The van der Waals surface area contributed by atoms with Crippen LogP contribution in [0.3, 0.4) is 0 Å². The molecule has 2 aliphatic rings. The van der Waals surface area contributed by atoms with E-state index in [-0.39, 0.29) is 29.7 Å². The highest BCUT2D eigenvalue weighted by molar-refractivity contribution is 6.12. The van der Waals surface area contributed by atoms with Crippen LogP contribution in [-0.2, 0) is 11.2 Å². The lowest BCUT2D eigenvalue weighted by molar-refractivity contribution is -0.136. The maximum Gasteiger partial charge on any atom is 0.307 e. The largest absolute Gasteiger partial charge is 0.481 e. The Morgan fingerprint density at radius 2 is 1.69 bits per heavy atom. The van der Waals surface area contributed by atoms with Crippen LogP contribution in [0.1, 0.15) is 45.5 Å². The van der Waals surface area contributed by atoms with Crippen molar-refractivity contribution in [3.63, 3.8) is 0 Å². The molecule has 0 radical (unpaired) electrons. The molecule has 8 heteroatoms. The van der Waals surface area contributed by atoms with E-state index in [9.17, 15) is 23.9 Å². The van der Waals surface area contributed by atoms with E-state index >= 15 is 0 Å². The highest BCUT2D eigenvalue weighted by Crippen LogP contribution is 2.51. The Hall–Kier alpha value is -4.46. The summed E-state index contributed by atoms with van der Waals surface area (Å²) in [5.41, 5.74) is 3.31. The first-order valence-electron chi connectivity index (χ1n) is 13.0. The van der Waals surface area contributed by atoms with E-state index in [1.807, 2.05) is 6.07 Å². The fourth-order valence-electron chi connectivity index (χ4n) is 5.85. The van der Waals surface area contributed by atoms with E-state index in [1.165, 1.54) is 37.7 Å². The number of hydrogen-bond acceptors (Lipinski definition) is 4. The van der Waals surface area contributed by atoms with Crippen LogP contribution in [0.4, 0.5) is 4.39 Å². The molecule has 2 atom stereocenters. The van der Waals surface area contributed by atoms with Gasteiger partial charge in [0.2, 0.25) is 0 Å². The van der Waals surface area contributed by atoms with Crippen molar-refractivity contribution in [1.29, 1.82) is 0 Å². The van der Waals surface area contributed by atoms with Crippen molar-refractivity contribution in [3.8, 4) is 22.5 Å². The van der Waals surface area contributed by atoms with Crippen LogP contribution >= 0.6 is 0 Å². The second-order valence-electron chi connectivity index (χ2n) is 10.4. The predicted octanol–water partition coefficient (Wildman–Crippen LogP) is 5.42. The number of carboxylic acids is 1. The van der Waals surface area contributed by atoms with Gasteiger partial charge in [0.05, 0.1) is 12.0 Å². The molecule has 2 amide bonds. The molecule has 0 spiro atoms. The molecule has 6 rings (SSSR count). The summed E-state index contributed by atoms with van der Waals surface area (Å²) in [6.45, 7) is 0.